The van der Waals surface area contributed by atoms with Crippen LogP contribution in [0.3, 0.4) is 0 Å². The van der Waals surface area contributed by atoms with Crippen molar-refractivity contribution in [2.45, 2.75) is 167 Å². The standard InChI is InChI=1S/C45H72N6O14/c1-5-6-7-9-28(45(64)65)20-39(58)35-10-8-17-51(35)42(61)16-13-36(55)27(4)49-44(63)29(18-26(2)3)19-31(53)24-48-43(62)30(25-52)21-38(57)33(11-14-40(46)59)50-41(60)15-12-37(56)34-22-32(54)23-47-34/h26-30,32-35,47,52,54H,5-25H2,1-4H3,(H2,46,59)(H,48,62)(H,49,63)(H,50,60)(H,64,65)/t27-,28+,29+,30-,32+,33-,34-,35-/m0/s1. The molecule has 0 aromatic carbocycles. The van der Waals surface area contributed by atoms with E-state index in [4.69, 9.17) is 5.73 Å². The van der Waals surface area contributed by atoms with E-state index in [1.807, 2.05) is 20.8 Å². The molecule has 2 saturated heterocycles. The molecule has 2 heterocycles. The molecule has 2 fully saturated rings. The molecule has 0 aliphatic carbocycles. The van der Waals surface area contributed by atoms with E-state index in [0.29, 0.717) is 32.2 Å². The first-order chi connectivity index (χ1) is 30.7. The number of carbonyl (C=O) groups excluding carboxylic acids is 10. The number of Topliss-reactive ketones (excluding diaryl/α,β-unsaturated/α-hetero) is 5. The number of hydrogen-bond donors (Lipinski definition) is 8. The van der Waals surface area contributed by atoms with Crippen LogP contribution in [0.25, 0.3) is 0 Å². The summed E-state index contributed by atoms with van der Waals surface area (Å²) in [4.78, 5) is 142. The Labute approximate surface area is 380 Å². The van der Waals surface area contributed by atoms with E-state index in [-0.39, 0.29) is 88.2 Å². The maximum absolute atomic E-state index is 13.4. The average Bonchev–Trinajstić information content (AvgIpc) is 3.93. The number of β-amino-alcohol motifs (C(OH)–C–C–N with tert-alkyl or cyclic N) is 1. The summed E-state index contributed by atoms with van der Waals surface area (Å²) < 4.78 is 0. The van der Waals surface area contributed by atoms with Crippen molar-refractivity contribution in [3.8, 4) is 0 Å². The van der Waals surface area contributed by atoms with Gasteiger partial charge in [0.15, 0.2) is 23.1 Å². The molecule has 5 amide bonds. The van der Waals surface area contributed by atoms with Crippen LogP contribution in [0, 0.1) is 23.7 Å². The van der Waals surface area contributed by atoms with Gasteiger partial charge in [0.1, 0.15) is 5.78 Å². The number of nitrogens with zero attached hydrogens (tertiary/aromatic N) is 1. The van der Waals surface area contributed by atoms with Crippen LogP contribution in [0.1, 0.15) is 137 Å². The number of aliphatic carboxylic acids is 1. The highest BCUT2D eigenvalue weighted by molar-refractivity contribution is 5.97. The fraction of sp³-hybridized carbons (Fsp3) is 0.756. The Morgan fingerprint density at radius 1 is 0.785 bits per heavy atom. The zero-order chi connectivity index (χ0) is 48.8. The molecule has 0 unspecified atom stereocenters. The van der Waals surface area contributed by atoms with Gasteiger partial charge in [-0.1, -0.05) is 40.0 Å². The molecular weight excluding hydrogens is 849 g/mol. The minimum Gasteiger partial charge on any atom is -0.481 e. The van der Waals surface area contributed by atoms with Crippen molar-refractivity contribution >= 4 is 64.4 Å². The predicted octanol–water partition coefficient (Wildman–Crippen LogP) is 0.200. The second kappa shape index (κ2) is 28.8. The minimum atomic E-state index is -1.35. The molecule has 0 spiro atoms. The number of unbranched alkanes of at least 4 members (excludes halogenated alkanes) is 2. The van der Waals surface area contributed by atoms with Gasteiger partial charge in [-0.05, 0) is 51.4 Å². The van der Waals surface area contributed by atoms with Crippen LogP contribution in [0.5, 0.6) is 0 Å². The largest absolute Gasteiger partial charge is 0.481 e. The summed E-state index contributed by atoms with van der Waals surface area (Å²) in [6.45, 7) is 6.31. The number of nitrogens with two attached hydrogens (primary N) is 1. The Hall–Kier alpha value is -4.95. The summed E-state index contributed by atoms with van der Waals surface area (Å²) >= 11 is 0. The first kappa shape index (κ1) is 56.2. The van der Waals surface area contributed by atoms with Crippen LogP contribution in [0.4, 0.5) is 0 Å². The summed E-state index contributed by atoms with van der Waals surface area (Å²) in [7, 11) is 0. The molecule has 0 radical (unpaired) electrons. The van der Waals surface area contributed by atoms with E-state index in [1.165, 1.54) is 11.8 Å². The van der Waals surface area contributed by atoms with Gasteiger partial charge >= 0.3 is 5.97 Å². The zero-order valence-electron chi connectivity index (χ0n) is 38.4. The van der Waals surface area contributed by atoms with Gasteiger partial charge in [0.25, 0.3) is 0 Å². The SMILES string of the molecule is CCCCC[C@H](CC(=O)[C@@H]1CCCN1C(=O)CCC(=O)[C@H](C)NC(=O)[C@@H](CC(=O)CNC(=O)[C@H](CO)CC(=O)[C@H](CCC(N)=O)NC(=O)CCC(=O)[C@@H]1C[C@@H](O)CN1)CC(C)C)C(=O)O. The summed E-state index contributed by atoms with van der Waals surface area (Å²) in [5, 5.41) is 39.6. The van der Waals surface area contributed by atoms with Crippen LogP contribution in [-0.4, -0.2) is 141 Å². The van der Waals surface area contributed by atoms with E-state index in [2.05, 4.69) is 21.3 Å². The molecular formula is C45H72N6O14. The lowest BCUT2D eigenvalue weighted by Crippen LogP contribution is -2.45. The van der Waals surface area contributed by atoms with Crippen molar-refractivity contribution in [3.63, 3.8) is 0 Å². The van der Waals surface area contributed by atoms with E-state index in [9.17, 15) is 68.1 Å². The lowest BCUT2D eigenvalue weighted by molar-refractivity contribution is -0.145. The Kier molecular flexibility index (Phi) is 24.9. The molecule has 20 nitrogen and oxygen atoms in total. The number of primary amides is 1. The van der Waals surface area contributed by atoms with Crippen LogP contribution in [0.2, 0.25) is 0 Å². The molecule has 0 aromatic rings. The number of rotatable bonds is 33. The monoisotopic (exact) mass is 921 g/mol. The average molecular weight is 921 g/mol. The lowest BCUT2D eigenvalue weighted by Gasteiger charge is -2.25. The van der Waals surface area contributed by atoms with Gasteiger partial charge in [-0.25, -0.2) is 0 Å². The van der Waals surface area contributed by atoms with E-state index in [0.717, 1.165) is 12.8 Å². The maximum atomic E-state index is 13.4. The molecule has 0 bridgehead atoms. The third-order valence-electron chi connectivity index (χ3n) is 11.9. The topological polar surface area (TPSA) is 326 Å². The van der Waals surface area contributed by atoms with E-state index < -0.39 is 120 Å². The fourth-order valence-corrected chi connectivity index (χ4v) is 8.13. The number of carbonyl (C=O) groups is 11. The molecule has 0 aromatic heterocycles. The van der Waals surface area contributed by atoms with Crippen molar-refractivity contribution in [2.75, 3.05) is 26.2 Å². The molecule has 0 saturated carbocycles. The normalized spacial score (nSPS) is 19.4. The number of amides is 5. The van der Waals surface area contributed by atoms with Gasteiger partial charge in [0, 0.05) is 70.4 Å². The molecule has 2 rings (SSSR count). The van der Waals surface area contributed by atoms with Gasteiger partial charge in [0.05, 0.1) is 55.3 Å². The number of carboxylic acids is 1. The van der Waals surface area contributed by atoms with Crippen LogP contribution >= 0.6 is 0 Å². The van der Waals surface area contributed by atoms with Gasteiger partial charge in [-0.15, -0.1) is 0 Å². The first-order valence-electron chi connectivity index (χ1n) is 23.0. The number of hydrogen-bond acceptors (Lipinski definition) is 14. The smallest absolute Gasteiger partial charge is 0.306 e. The van der Waals surface area contributed by atoms with Crippen LogP contribution < -0.4 is 27.0 Å². The van der Waals surface area contributed by atoms with Crippen LogP contribution in [0.15, 0.2) is 0 Å². The third kappa shape index (κ3) is 20.4. The van der Waals surface area contributed by atoms with E-state index >= 15 is 0 Å². The first-order valence-corrected chi connectivity index (χ1v) is 23.0. The zero-order valence-corrected chi connectivity index (χ0v) is 38.4. The summed E-state index contributed by atoms with van der Waals surface area (Å²) in [6.07, 6.45) is 1.11. The number of ketones is 5. The number of aliphatic hydroxyl groups excluding tert-OH is 2. The molecule has 366 valence electrons. The molecule has 20 heteroatoms. The van der Waals surface area contributed by atoms with Crippen molar-refractivity contribution in [1.82, 2.24) is 26.2 Å². The molecule has 9 N–H and O–H groups in total. The Morgan fingerprint density at radius 2 is 1.49 bits per heavy atom. The summed E-state index contributed by atoms with van der Waals surface area (Å²) in [6, 6.07) is -3.65. The Morgan fingerprint density at radius 3 is 2.09 bits per heavy atom. The van der Waals surface area contributed by atoms with E-state index in [1.54, 1.807) is 0 Å². The van der Waals surface area contributed by atoms with Gasteiger partial charge < -0.3 is 47.2 Å². The highest BCUT2D eigenvalue weighted by Crippen LogP contribution is 2.25. The van der Waals surface area contributed by atoms with Crippen molar-refractivity contribution < 1.29 is 68.1 Å². The Bertz CT molecular complexity index is 1700. The highest BCUT2D eigenvalue weighted by Gasteiger charge is 2.37. The molecule has 65 heavy (non-hydrogen) atoms. The lowest BCUT2D eigenvalue weighted by atomic mass is 9.91. The van der Waals surface area contributed by atoms with Crippen molar-refractivity contribution in [1.29, 1.82) is 0 Å². The second-order valence-corrected chi connectivity index (χ2v) is 17.9. The maximum Gasteiger partial charge on any atom is 0.306 e. The van der Waals surface area contributed by atoms with Crippen LogP contribution in [-0.2, 0) is 52.7 Å². The molecule has 2 aliphatic rings. The number of nitrogens with one attached hydrogen (secondary N) is 4. The molecule has 8 atom stereocenters. The van der Waals surface area contributed by atoms with Gasteiger partial charge in [-0.3, -0.25) is 52.7 Å². The minimum absolute atomic E-state index is 0.0541. The Balaban J connectivity index is 1.92. The van der Waals surface area contributed by atoms with Crippen molar-refractivity contribution in [3.05, 3.63) is 0 Å². The third-order valence-corrected chi connectivity index (χ3v) is 11.9. The number of carboxylic acid groups (broad SMARTS) is 1. The fourth-order valence-electron chi connectivity index (χ4n) is 8.13. The number of likely N-dealkylation sites (tertiary alicyclic amines) is 1. The summed E-state index contributed by atoms with van der Waals surface area (Å²) in [5.41, 5.74) is 5.25. The second-order valence-electron chi connectivity index (χ2n) is 17.9. The van der Waals surface area contributed by atoms with Gasteiger partial charge in [0.2, 0.25) is 29.5 Å². The van der Waals surface area contributed by atoms with Gasteiger partial charge in [-0.2, -0.15) is 0 Å². The predicted molar refractivity (Wildman–Crippen MR) is 234 cm³/mol. The van der Waals surface area contributed by atoms with Crippen molar-refractivity contribution in [2.24, 2.45) is 29.4 Å². The quantitative estimate of drug-likeness (QED) is 0.0408. The summed E-state index contributed by atoms with van der Waals surface area (Å²) in [5.74, 6) is -9.79. The number of aliphatic hydroxyl groups is 2. The molecule has 2 aliphatic heterocycles. The highest BCUT2D eigenvalue weighted by atomic mass is 16.4.